The normalized spacial score (nSPS) is 9.27. The number of allylic oxidation sites excluding steroid dienone is 2. The third kappa shape index (κ3) is 2.27. The summed E-state index contributed by atoms with van der Waals surface area (Å²) in [6, 6.07) is 0. The molecule has 58 valence electrons. The predicted octanol–water partition coefficient (Wildman–Crippen LogP) is 2.29. The van der Waals surface area contributed by atoms with Gasteiger partial charge in [0.25, 0.3) is 0 Å². The van der Waals surface area contributed by atoms with Crippen LogP contribution in [0, 0.1) is 0 Å². The van der Waals surface area contributed by atoms with Gasteiger partial charge in [0.15, 0.2) is 0 Å². The van der Waals surface area contributed by atoms with E-state index in [1.807, 2.05) is 13.8 Å². The van der Waals surface area contributed by atoms with Gasteiger partial charge in [-0.15, -0.1) is 11.3 Å². The summed E-state index contributed by atoms with van der Waals surface area (Å²) in [6.07, 6.45) is 1.59. The molecule has 0 saturated carbocycles. The monoisotopic (exact) mass is 167 g/mol. The number of hydrogen-bond acceptors (Lipinski definition) is 3. The van der Waals surface area contributed by atoms with Crippen LogP contribution in [0.3, 0.4) is 0 Å². The van der Waals surface area contributed by atoms with Gasteiger partial charge >= 0.3 is 0 Å². The smallest absolute Gasteiger partial charge is 0.204 e. The van der Waals surface area contributed by atoms with Crippen molar-refractivity contribution in [3.63, 3.8) is 0 Å². The lowest BCUT2D eigenvalue weighted by Crippen LogP contribution is -1.94. The van der Waals surface area contributed by atoms with E-state index >= 15 is 0 Å². The summed E-state index contributed by atoms with van der Waals surface area (Å²) in [5.74, 6) is -0.00810. The number of thiazole rings is 1. The molecule has 0 aliphatic heterocycles. The Bertz CT molecular complexity index is 270. The highest BCUT2D eigenvalue weighted by molar-refractivity contribution is 7.07. The molecule has 2 nitrogen and oxygen atoms in total. The van der Waals surface area contributed by atoms with Crippen LogP contribution in [0.1, 0.15) is 24.3 Å². The van der Waals surface area contributed by atoms with E-state index in [9.17, 15) is 4.79 Å². The van der Waals surface area contributed by atoms with Crippen molar-refractivity contribution in [2.45, 2.75) is 13.8 Å². The summed E-state index contributed by atoms with van der Waals surface area (Å²) in [6.45, 7) is 3.79. The van der Waals surface area contributed by atoms with Crippen LogP contribution in [0.5, 0.6) is 0 Å². The standard InChI is InChI=1S/C8H9NOS/c1-6(2)3-8(10)7-4-11-5-9-7/h3-5H,1-2H3. The number of carbonyl (C=O) groups excluding carboxylic acids is 1. The molecule has 0 aliphatic carbocycles. The first kappa shape index (κ1) is 8.14. The molecule has 0 radical (unpaired) electrons. The number of aromatic nitrogens is 1. The topological polar surface area (TPSA) is 30.0 Å². The van der Waals surface area contributed by atoms with Gasteiger partial charge in [-0.3, -0.25) is 4.79 Å². The molecule has 0 aromatic carbocycles. The van der Waals surface area contributed by atoms with Crippen molar-refractivity contribution in [2.24, 2.45) is 0 Å². The Morgan fingerprint density at radius 2 is 2.36 bits per heavy atom. The molecule has 1 rings (SSSR count). The van der Waals surface area contributed by atoms with Gasteiger partial charge in [0.05, 0.1) is 5.51 Å². The van der Waals surface area contributed by atoms with Gasteiger partial charge in [0, 0.05) is 5.38 Å². The third-order valence-electron chi connectivity index (χ3n) is 1.10. The predicted molar refractivity (Wildman–Crippen MR) is 45.9 cm³/mol. The second-order valence-electron chi connectivity index (χ2n) is 2.46. The summed E-state index contributed by atoms with van der Waals surface area (Å²) in [5, 5.41) is 1.75. The highest BCUT2D eigenvalue weighted by Gasteiger charge is 2.02. The Labute approximate surface area is 69.6 Å². The minimum Gasteiger partial charge on any atom is -0.288 e. The molecule has 0 amide bonds. The Morgan fingerprint density at radius 1 is 1.64 bits per heavy atom. The van der Waals surface area contributed by atoms with Crippen LogP contribution < -0.4 is 0 Å². The van der Waals surface area contributed by atoms with E-state index in [1.165, 1.54) is 11.3 Å². The summed E-state index contributed by atoms with van der Waals surface area (Å²) >= 11 is 1.43. The summed E-state index contributed by atoms with van der Waals surface area (Å²) in [5.41, 5.74) is 3.20. The fraction of sp³-hybridized carbons (Fsp3) is 0.250. The molecule has 0 fully saturated rings. The molecule has 11 heavy (non-hydrogen) atoms. The lowest BCUT2D eigenvalue weighted by molar-refractivity contribution is 0.104. The molecule has 0 saturated heterocycles. The van der Waals surface area contributed by atoms with Crippen LogP contribution in [0.25, 0.3) is 0 Å². The van der Waals surface area contributed by atoms with E-state index in [4.69, 9.17) is 0 Å². The molecule has 1 heterocycles. The van der Waals surface area contributed by atoms with Gasteiger partial charge in [-0.25, -0.2) is 4.98 Å². The maximum absolute atomic E-state index is 11.2. The van der Waals surface area contributed by atoms with Crippen molar-refractivity contribution in [3.8, 4) is 0 Å². The molecule has 1 aromatic rings. The maximum Gasteiger partial charge on any atom is 0.204 e. The minimum atomic E-state index is -0.00810. The lowest BCUT2D eigenvalue weighted by Gasteiger charge is -1.87. The highest BCUT2D eigenvalue weighted by atomic mass is 32.1. The van der Waals surface area contributed by atoms with Crippen molar-refractivity contribution in [3.05, 3.63) is 28.2 Å². The van der Waals surface area contributed by atoms with Gasteiger partial charge in [-0.2, -0.15) is 0 Å². The van der Waals surface area contributed by atoms with Crippen LogP contribution in [0.4, 0.5) is 0 Å². The van der Waals surface area contributed by atoms with E-state index in [2.05, 4.69) is 4.98 Å². The minimum absolute atomic E-state index is 0.00810. The van der Waals surface area contributed by atoms with Gasteiger partial charge < -0.3 is 0 Å². The summed E-state index contributed by atoms with van der Waals surface area (Å²) < 4.78 is 0. The molecule has 0 atom stereocenters. The quantitative estimate of drug-likeness (QED) is 0.499. The van der Waals surface area contributed by atoms with Crippen LogP contribution in [-0.4, -0.2) is 10.8 Å². The maximum atomic E-state index is 11.2. The number of carbonyl (C=O) groups is 1. The molecule has 0 spiro atoms. The second-order valence-corrected chi connectivity index (χ2v) is 3.18. The van der Waals surface area contributed by atoms with Crippen molar-refractivity contribution in [1.82, 2.24) is 4.98 Å². The Balaban J connectivity index is 2.80. The molecular formula is C8H9NOS. The molecule has 0 N–H and O–H groups in total. The second kappa shape index (κ2) is 3.44. The number of nitrogens with zero attached hydrogens (tertiary/aromatic N) is 1. The van der Waals surface area contributed by atoms with E-state index in [-0.39, 0.29) is 5.78 Å². The average molecular weight is 167 g/mol. The molecule has 0 unspecified atom stereocenters. The van der Waals surface area contributed by atoms with E-state index in [0.717, 1.165) is 5.57 Å². The number of hydrogen-bond donors (Lipinski definition) is 0. The van der Waals surface area contributed by atoms with Crippen molar-refractivity contribution in [2.75, 3.05) is 0 Å². The number of ketones is 1. The average Bonchev–Trinajstić information content (AvgIpc) is 2.35. The van der Waals surface area contributed by atoms with Crippen LogP contribution in [0.15, 0.2) is 22.5 Å². The van der Waals surface area contributed by atoms with Gasteiger partial charge in [0.1, 0.15) is 5.69 Å². The van der Waals surface area contributed by atoms with Gasteiger partial charge in [-0.1, -0.05) is 5.57 Å². The van der Waals surface area contributed by atoms with E-state index < -0.39 is 0 Å². The number of rotatable bonds is 2. The largest absolute Gasteiger partial charge is 0.288 e. The van der Waals surface area contributed by atoms with Crippen molar-refractivity contribution in [1.29, 1.82) is 0 Å². The highest BCUT2D eigenvalue weighted by Crippen LogP contribution is 2.03. The van der Waals surface area contributed by atoms with E-state index in [0.29, 0.717) is 5.69 Å². The Kier molecular flexibility index (Phi) is 2.54. The zero-order valence-electron chi connectivity index (χ0n) is 6.50. The molecular weight excluding hydrogens is 158 g/mol. The Morgan fingerprint density at radius 3 is 2.82 bits per heavy atom. The summed E-state index contributed by atoms with van der Waals surface area (Å²) in [7, 11) is 0. The first-order chi connectivity index (χ1) is 5.20. The molecule has 0 bridgehead atoms. The van der Waals surface area contributed by atoms with Crippen molar-refractivity contribution < 1.29 is 4.79 Å². The van der Waals surface area contributed by atoms with Crippen LogP contribution in [-0.2, 0) is 0 Å². The Hall–Kier alpha value is -0.960. The fourth-order valence-corrected chi connectivity index (χ4v) is 1.21. The molecule has 1 aromatic heterocycles. The summed E-state index contributed by atoms with van der Waals surface area (Å²) in [4.78, 5) is 15.1. The van der Waals surface area contributed by atoms with Crippen molar-refractivity contribution >= 4 is 17.1 Å². The molecule has 0 aliphatic rings. The zero-order valence-corrected chi connectivity index (χ0v) is 7.31. The zero-order chi connectivity index (χ0) is 8.27. The third-order valence-corrected chi connectivity index (χ3v) is 1.69. The van der Waals surface area contributed by atoms with Crippen LogP contribution >= 0.6 is 11.3 Å². The lowest BCUT2D eigenvalue weighted by atomic mass is 10.2. The van der Waals surface area contributed by atoms with Gasteiger partial charge in [-0.05, 0) is 19.9 Å². The first-order valence-corrected chi connectivity index (χ1v) is 4.22. The SMILES string of the molecule is CC(C)=CC(=O)c1cscn1. The first-order valence-electron chi connectivity index (χ1n) is 3.27. The fourth-order valence-electron chi connectivity index (χ4n) is 0.670. The van der Waals surface area contributed by atoms with E-state index in [1.54, 1.807) is 17.0 Å². The van der Waals surface area contributed by atoms with Crippen LogP contribution in [0.2, 0.25) is 0 Å². The van der Waals surface area contributed by atoms with Gasteiger partial charge in [0.2, 0.25) is 5.78 Å². The molecule has 3 heteroatoms.